The number of rotatable bonds is 3. The van der Waals surface area contributed by atoms with E-state index >= 15 is 0 Å². The van der Waals surface area contributed by atoms with E-state index in [-0.39, 0.29) is 5.92 Å². The molecule has 2 aliphatic rings. The number of hydrogen-bond donors (Lipinski definition) is 0. The maximum atomic E-state index is 13.9. The van der Waals surface area contributed by atoms with Gasteiger partial charge in [-0.3, -0.25) is 4.31 Å². The fourth-order valence-electron chi connectivity index (χ4n) is 5.29. The number of anilines is 1. The van der Waals surface area contributed by atoms with Crippen LogP contribution in [0.2, 0.25) is 0 Å². The number of aryl methyl sites for hydroxylation is 2. The average Bonchev–Trinajstić information content (AvgIpc) is 3.19. The van der Waals surface area contributed by atoms with Gasteiger partial charge < -0.3 is 0 Å². The Kier molecular flexibility index (Phi) is 4.75. The van der Waals surface area contributed by atoms with Gasteiger partial charge in [-0.2, -0.15) is 0 Å². The van der Waals surface area contributed by atoms with Crippen molar-refractivity contribution in [1.82, 2.24) is 0 Å². The molecule has 1 unspecified atom stereocenters. The fourth-order valence-corrected chi connectivity index (χ4v) is 6.79. The van der Waals surface area contributed by atoms with Crippen molar-refractivity contribution in [2.24, 2.45) is 0 Å². The minimum Gasteiger partial charge on any atom is -0.265 e. The normalized spacial score (nSPS) is 16.8. The highest BCUT2D eigenvalue weighted by molar-refractivity contribution is 7.92. The molecule has 0 bridgehead atoms. The summed E-state index contributed by atoms with van der Waals surface area (Å²) in [7, 11) is -3.71. The summed E-state index contributed by atoms with van der Waals surface area (Å²) < 4.78 is 29.3. The Morgan fingerprint density at radius 1 is 0.706 bits per heavy atom. The van der Waals surface area contributed by atoms with Crippen molar-refractivity contribution < 1.29 is 8.42 Å². The maximum Gasteiger partial charge on any atom is 0.264 e. The zero-order valence-electron chi connectivity index (χ0n) is 19.2. The van der Waals surface area contributed by atoms with E-state index in [1.54, 1.807) is 16.4 Å². The van der Waals surface area contributed by atoms with E-state index in [1.165, 1.54) is 33.4 Å². The Labute approximate surface area is 201 Å². The van der Waals surface area contributed by atoms with Crippen LogP contribution in [-0.2, 0) is 10.0 Å². The van der Waals surface area contributed by atoms with Crippen molar-refractivity contribution in [3.63, 3.8) is 0 Å². The zero-order valence-corrected chi connectivity index (χ0v) is 20.0. The van der Waals surface area contributed by atoms with Gasteiger partial charge in [0, 0.05) is 18.0 Å². The van der Waals surface area contributed by atoms with E-state index in [1.807, 2.05) is 43.3 Å². The summed E-state index contributed by atoms with van der Waals surface area (Å²) in [6.45, 7) is 4.44. The molecular weight excluding hydrogens is 438 g/mol. The maximum absolute atomic E-state index is 13.9. The smallest absolute Gasteiger partial charge is 0.264 e. The topological polar surface area (TPSA) is 37.4 Å². The molecule has 1 atom stereocenters. The highest BCUT2D eigenvalue weighted by Crippen LogP contribution is 2.55. The molecule has 0 radical (unpaired) electrons. The van der Waals surface area contributed by atoms with Crippen LogP contribution < -0.4 is 4.31 Å². The SMILES string of the molecule is Cc1ccc(C2=C3c4ccccc4N(S(=O)(=O)c4ccc(C)cc4)CC3c3ccccc32)cc1. The van der Waals surface area contributed by atoms with E-state index in [0.717, 1.165) is 16.8 Å². The summed E-state index contributed by atoms with van der Waals surface area (Å²) in [5, 5.41) is 0. The van der Waals surface area contributed by atoms with Crippen molar-refractivity contribution in [3.05, 3.63) is 130 Å². The van der Waals surface area contributed by atoms with Crippen molar-refractivity contribution >= 4 is 26.9 Å². The van der Waals surface area contributed by atoms with Gasteiger partial charge >= 0.3 is 0 Å². The molecule has 0 amide bonds. The van der Waals surface area contributed by atoms with Crippen LogP contribution >= 0.6 is 0 Å². The van der Waals surface area contributed by atoms with Crippen LogP contribution in [0.1, 0.15) is 39.3 Å². The Hall–Kier alpha value is -3.63. The largest absolute Gasteiger partial charge is 0.265 e. The molecule has 4 heteroatoms. The van der Waals surface area contributed by atoms with E-state index in [0.29, 0.717) is 11.4 Å². The van der Waals surface area contributed by atoms with Gasteiger partial charge in [0.25, 0.3) is 10.0 Å². The molecule has 0 saturated carbocycles. The molecule has 3 nitrogen and oxygen atoms in total. The molecule has 0 fully saturated rings. The summed E-state index contributed by atoms with van der Waals surface area (Å²) >= 11 is 0. The van der Waals surface area contributed by atoms with Crippen LogP contribution in [0.4, 0.5) is 5.69 Å². The first-order chi connectivity index (χ1) is 16.4. The lowest BCUT2D eigenvalue weighted by atomic mass is 9.85. The molecule has 0 N–H and O–H groups in total. The predicted octanol–water partition coefficient (Wildman–Crippen LogP) is 6.57. The van der Waals surface area contributed by atoms with Crippen LogP contribution in [0.15, 0.2) is 102 Å². The molecule has 1 heterocycles. The van der Waals surface area contributed by atoms with Crippen LogP contribution in [-0.4, -0.2) is 15.0 Å². The van der Waals surface area contributed by atoms with Gasteiger partial charge in [-0.25, -0.2) is 8.42 Å². The Morgan fingerprint density at radius 2 is 1.29 bits per heavy atom. The Morgan fingerprint density at radius 3 is 2.00 bits per heavy atom. The second-order valence-corrected chi connectivity index (χ2v) is 11.0. The lowest BCUT2D eigenvalue weighted by molar-refractivity contribution is 0.588. The van der Waals surface area contributed by atoms with Crippen molar-refractivity contribution in [2.75, 3.05) is 10.8 Å². The number of benzene rings is 4. The van der Waals surface area contributed by atoms with E-state index < -0.39 is 10.0 Å². The highest BCUT2D eigenvalue weighted by Gasteiger charge is 2.42. The molecular formula is C30H25NO2S. The van der Waals surface area contributed by atoms with Crippen molar-refractivity contribution in [1.29, 1.82) is 0 Å². The molecule has 0 aromatic heterocycles. The first kappa shape index (κ1) is 20.9. The minimum absolute atomic E-state index is 0.0253. The second kappa shape index (κ2) is 7.71. The van der Waals surface area contributed by atoms with Gasteiger partial charge in [0.1, 0.15) is 0 Å². The van der Waals surface area contributed by atoms with Crippen LogP contribution in [0.3, 0.4) is 0 Å². The summed E-state index contributed by atoms with van der Waals surface area (Å²) in [6, 6.07) is 32.1. The standard InChI is InChI=1S/C30H25NO2S/c1-20-11-15-22(16-12-20)29-25-8-4-3-7-24(25)27-19-31(28-10-6-5-9-26(28)30(27)29)34(32,33)23-17-13-21(2)14-18-23/h3-18,27H,19H2,1-2H3. The van der Waals surface area contributed by atoms with E-state index in [4.69, 9.17) is 0 Å². The summed E-state index contributed by atoms with van der Waals surface area (Å²) in [5.74, 6) is -0.0253. The third kappa shape index (κ3) is 3.13. The monoisotopic (exact) mass is 463 g/mol. The fraction of sp³-hybridized carbons (Fsp3) is 0.133. The molecule has 34 heavy (non-hydrogen) atoms. The first-order valence-corrected chi connectivity index (χ1v) is 13.0. The molecule has 6 rings (SSSR count). The molecule has 168 valence electrons. The van der Waals surface area contributed by atoms with Crippen molar-refractivity contribution in [2.45, 2.75) is 24.7 Å². The summed E-state index contributed by atoms with van der Waals surface area (Å²) in [5.41, 5.74) is 9.96. The van der Waals surface area contributed by atoms with Gasteiger partial charge in [-0.15, -0.1) is 0 Å². The quantitative estimate of drug-likeness (QED) is 0.345. The lowest BCUT2D eigenvalue weighted by Crippen LogP contribution is -2.38. The number of sulfonamides is 1. The first-order valence-electron chi connectivity index (χ1n) is 11.5. The minimum atomic E-state index is -3.71. The zero-order chi connectivity index (χ0) is 23.4. The number of fused-ring (bicyclic) bond motifs is 5. The lowest BCUT2D eigenvalue weighted by Gasteiger charge is -2.36. The third-order valence-corrected chi connectivity index (χ3v) is 8.78. The molecule has 4 aromatic carbocycles. The van der Waals surface area contributed by atoms with Gasteiger partial charge in [-0.1, -0.05) is 90.0 Å². The van der Waals surface area contributed by atoms with E-state index in [2.05, 4.69) is 55.5 Å². The van der Waals surface area contributed by atoms with Crippen LogP contribution in [0.25, 0.3) is 11.1 Å². The van der Waals surface area contributed by atoms with Gasteiger partial charge in [0.15, 0.2) is 0 Å². The molecule has 1 aliphatic carbocycles. The molecule has 0 spiro atoms. The third-order valence-electron chi connectivity index (χ3n) is 6.98. The second-order valence-electron chi connectivity index (χ2n) is 9.16. The molecule has 4 aromatic rings. The number of para-hydroxylation sites is 1. The van der Waals surface area contributed by atoms with E-state index in [9.17, 15) is 8.42 Å². The Bertz CT molecular complexity index is 1550. The van der Waals surface area contributed by atoms with Crippen LogP contribution in [0, 0.1) is 13.8 Å². The Balaban J connectivity index is 1.60. The van der Waals surface area contributed by atoms with Crippen LogP contribution in [0.5, 0.6) is 0 Å². The van der Waals surface area contributed by atoms with Gasteiger partial charge in [0.05, 0.1) is 10.6 Å². The summed E-state index contributed by atoms with van der Waals surface area (Å²) in [6.07, 6.45) is 0. The highest BCUT2D eigenvalue weighted by atomic mass is 32.2. The number of hydrogen-bond acceptors (Lipinski definition) is 2. The number of nitrogens with zero attached hydrogens (tertiary/aromatic N) is 1. The summed E-state index contributed by atoms with van der Waals surface area (Å²) in [4.78, 5) is 0.324. The predicted molar refractivity (Wildman–Crippen MR) is 138 cm³/mol. The van der Waals surface area contributed by atoms with Crippen molar-refractivity contribution in [3.8, 4) is 0 Å². The van der Waals surface area contributed by atoms with Gasteiger partial charge in [-0.05, 0) is 59.9 Å². The molecule has 0 saturated heterocycles. The molecule has 1 aliphatic heterocycles. The van der Waals surface area contributed by atoms with Gasteiger partial charge in [0.2, 0.25) is 0 Å². The average molecular weight is 464 g/mol.